The van der Waals surface area contributed by atoms with Crippen LogP contribution in [0, 0.1) is 0 Å². The smallest absolute Gasteiger partial charge is 0.115 e. The van der Waals surface area contributed by atoms with Crippen LogP contribution in [-0.4, -0.2) is 10.1 Å². The van der Waals surface area contributed by atoms with Crippen molar-refractivity contribution < 1.29 is 5.11 Å². The van der Waals surface area contributed by atoms with Gasteiger partial charge in [0.1, 0.15) is 5.75 Å². The van der Waals surface area contributed by atoms with Gasteiger partial charge in [-0.2, -0.15) is 0 Å². The average molecular weight is 225 g/mol. The van der Waals surface area contributed by atoms with Crippen LogP contribution in [0.1, 0.15) is 35.6 Å². The molecule has 2 heteroatoms. The zero-order valence-corrected chi connectivity index (χ0v) is 9.63. The highest BCUT2D eigenvalue weighted by Crippen LogP contribution is 2.35. The van der Waals surface area contributed by atoms with Crippen LogP contribution in [0.2, 0.25) is 0 Å². The molecule has 1 aromatic heterocycles. The molecule has 1 heterocycles. The number of aromatic nitrogens is 1. The van der Waals surface area contributed by atoms with E-state index in [-0.39, 0.29) is 0 Å². The van der Waals surface area contributed by atoms with Gasteiger partial charge in [0, 0.05) is 12.1 Å². The van der Waals surface area contributed by atoms with Crippen LogP contribution in [0.25, 0.3) is 0 Å². The first kappa shape index (κ1) is 10.3. The lowest BCUT2D eigenvalue weighted by molar-refractivity contribution is 0.473. The summed E-state index contributed by atoms with van der Waals surface area (Å²) in [4.78, 5) is 4.53. The summed E-state index contributed by atoms with van der Waals surface area (Å²) in [6.45, 7) is 0. The first-order chi connectivity index (χ1) is 8.34. The number of pyridine rings is 1. The number of nitrogens with zero attached hydrogens (tertiary/aromatic N) is 1. The van der Waals surface area contributed by atoms with E-state index in [0.717, 1.165) is 12.8 Å². The molecular weight excluding hydrogens is 210 g/mol. The number of hydrogen-bond acceptors (Lipinski definition) is 2. The van der Waals surface area contributed by atoms with Crippen molar-refractivity contribution in [2.45, 2.75) is 25.2 Å². The topological polar surface area (TPSA) is 33.1 Å². The van der Waals surface area contributed by atoms with Gasteiger partial charge in [0.15, 0.2) is 0 Å². The molecule has 1 unspecified atom stereocenters. The van der Waals surface area contributed by atoms with Gasteiger partial charge in [0.05, 0.1) is 5.69 Å². The number of fused-ring (bicyclic) bond motifs is 1. The maximum absolute atomic E-state index is 9.57. The summed E-state index contributed by atoms with van der Waals surface area (Å²) in [5, 5.41) is 9.57. The number of benzene rings is 1. The highest BCUT2D eigenvalue weighted by Gasteiger charge is 2.22. The molecule has 1 aromatic carbocycles. The minimum absolute atomic E-state index is 0.338. The van der Waals surface area contributed by atoms with Gasteiger partial charge in [0.25, 0.3) is 0 Å². The van der Waals surface area contributed by atoms with Crippen molar-refractivity contribution in [3.8, 4) is 5.75 Å². The Labute approximate surface area is 101 Å². The third kappa shape index (κ3) is 1.91. The SMILES string of the molecule is Oc1cccc(C2CCCc3cccnc32)c1. The maximum atomic E-state index is 9.57. The highest BCUT2D eigenvalue weighted by molar-refractivity contribution is 5.38. The molecule has 2 nitrogen and oxygen atoms in total. The molecule has 0 radical (unpaired) electrons. The van der Waals surface area contributed by atoms with E-state index in [1.165, 1.54) is 23.2 Å². The molecule has 0 bridgehead atoms. The van der Waals surface area contributed by atoms with Crippen molar-refractivity contribution in [3.63, 3.8) is 0 Å². The van der Waals surface area contributed by atoms with Crippen molar-refractivity contribution in [2.75, 3.05) is 0 Å². The predicted molar refractivity (Wildman–Crippen MR) is 67.1 cm³/mol. The normalized spacial score (nSPS) is 18.7. The Bertz CT molecular complexity index is 536. The zero-order chi connectivity index (χ0) is 11.7. The fourth-order valence-corrected chi connectivity index (χ4v) is 2.68. The molecule has 1 N–H and O–H groups in total. The number of phenolic OH excluding ortho intramolecular Hbond substituents is 1. The van der Waals surface area contributed by atoms with Gasteiger partial charge >= 0.3 is 0 Å². The molecular formula is C15H15NO. The fourth-order valence-electron chi connectivity index (χ4n) is 2.68. The van der Waals surface area contributed by atoms with E-state index < -0.39 is 0 Å². The van der Waals surface area contributed by atoms with Gasteiger partial charge < -0.3 is 5.11 Å². The van der Waals surface area contributed by atoms with Gasteiger partial charge in [-0.15, -0.1) is 0 Å². The van der Waals surface area contributed by atoms with E-state index in [2.05, 4.69) is 17.1 Å². The first-order valence-electron chi connectivity index (χ1n) is 6.07. The molecule has 0 saturated carbocycles. The van der Waals surface area contributed by atoms with Crippen molar-refractivity contribution >= 4 is 0 Å². The van der Waals surface area contributed by atoms with E-state index in [4.69, 9.17) is 0 Å². The standard InChI is InChI=1S/C15H15NO/c17-13-7-1-5-12(10-13)14-8-2-4-11-6-3-9-16-15(11)14/h1,3,5-7,9-10,14,17H,2,4,8H2. The van der Waals surface area contributed by atoms with Crippen LogP contribution < -0.4 is 0 Å². The summed E-state index contributed by atoms with van der Waals surface area (Å²) < 4.78 is 0. The second-order valence-electron chi connectivity index (χ2n) is 4.59. The van der Waals surface area contributed by atoms with Crippen molar-refractivity contribution in [1.82, 2.24) is 4.98 Å². The minimum atomic E-state index is 0.338. The van der Waals surface area contributed by atoms with E-state index >= 15 is 0 Å². The van der Waals surface area contributed by atoms with Crippen LogP contribution in [0.15, 0.2) is 42.6 Å². The summed E-state index contributed by atoms with van der Waals surface area (Å²) in [6, 6.07) is 11.7. The van der Waals surface area contributed by atoms with Gasteiger partial charge in [-0.1, -0.05) is 18.2 Å². The predicted octanol–water partition coefficient (Wildman–Crippen LogP) is 3.26. The molecule has 0 fully saturated rings. The first-order valence-corrected chi connectivity index (χ1v) is 6.07. The number of phenols is 1. The van der Waals surface area contributed by atoms with Crippen LogP contribution in [-0.2, 0) is 6.42 Å². The fraction of sp³-hybridized carbons (Fsp3) is 0.267. The van der Waals surface area contributed by atoms with Crippen LogP contribution in [0.4, 0.5) is 0 Å². The molecule has 1 aliphatic rings. The number of hydrogen-bond donors (Lipinski definition) is 1. The lowest BCUT2D eigenvalue weighted by Crippen LogP contribution is -2.12. The van der Waals surface area contributed by atoms with Crippen molar-refractivity contribution in [2.24, 2.45) is 0 Å². The quantitative estimate of drug-likeness (QED) is 0.808. The van der Waals surface area contributed by atoms with Crippen LogP contribution >= 0.6 is 0 Å². The Morgan fingerprint density at radius 3 is 3.00 bits per heavy atom. The lowest BCUT2D eigenvalue weighted by Gasteiger charge is -2.24. The lowest BCUT2D eigenvalue weighted by atomic mass is 9.82. The molecule has 0 saturated heterocycles. The van der Waals surface area contributed by atoms with Crippen LogP contribution in [0.3, 0.4) is 0 Å². The number of aromatic hydroxyl groups is 1. The zero-order valence-electron chi connectivity index (χ0n) is 9.63. The second kappa shape index (κ2) is 4.21. The van der Waals surface area contributed by atoms with Crippen molar-refractivity contribution in [3.05, 3.63) is 59.4 Å². The molecule has 0 spiro atoms. The average Bonchev–Trinajstić information content (AvgIpc) is 2.38. The van der Waals surface area contributed by atoms with Gasteiger partial charge in [-0.05, 0) is 48.6 Å². The Balaban J connectivity index is 2.06. The third-order valence-corrected chi connectivity index (χ3v) is 3.47. The molecule has 1 aliphatic carbocycles. The Morgan fingerprint density at radius 2 is 2.12 bits per heavy atom. The summed E-state index contributed by atoms with van der Waals surface area (Å²) >= 11 is 0. The summed E-state index contributed by atoms with van der Waals surface area (Å²) in [5.41, 5.74) is 3.71. The van der Waals surface area contributed by atoms with E-state index in [1.807, 2.05) is 24.4 Å². The summed E-state index contributed by atoms with van der Waals surface area (Å²) in [6.07, 6.45) is 5.30. The number of aryl methyl sites for hydroxylation is 1. The molecule has 0 aliphatic heterocycles. The van der Waals surface area contributed by atoms with Crippen LogP contribution in [0.5, 0.6) is 5.75 Å². The van der Waals surface area contributed by atoms with E-state index in [0.29, 0.717) is 11.7 Å². The maximum Gasteiger partial charge on any atom is 0.115 e. The van der Waals surface area contributed by atoms with E-state index in [9.17, 15) is 5.11 Å². The molecule has 17 heavy (non-hydrogen) atoms. The third-order valence-electron chi connectivity index (χ3n) is 3.47. The number of rotatable bonds is 1. The van der Waals surface area contributed by atoms with Crippen molar-refractivity contribution in [1.29, 1.82) is 0 Å². The largest absolute Gasteiger partial charge is 0.508 e. The van der Waals surface area contributed by atoms with E-state index in [1.54, 1.807) is 6.07 Å². The monoisotopic (exact) mass is 225 g/mol. The molecule has 3 rings (SSSR count). The van der Waals surface area contributed by atoms with Gasteiger partial charge in [-0.3, -0.25) is 4.98 Å². The molecule has 86 valence electrons. The molecule has 0 amide bonds. The second-order valence-corrected chi connectivity index (χ2v) is 4.59. The minimum Gasteiger partial charge on any atom is -0.508 e. The molecule has 1 atom stereocenters. The van der Waals surface area contributed by atoms with Gasteiger partial charge in [-0.25, -0.2) is 0 Å². The van der Waals surface area contributed by atoms with Gasteiger partial charge in [0.2, 0.25) is 0 Å². The Kier molecular flexibility index (Phi) is 2.56. The summed E-state index contributed by atoms with van der Waals surface area (Å²) in [7, 11) is 0. The Morgan fingerprint density at radius 1 is 1.18 bits per heavy atom. The molecule has 2 aromatic rings. The summed E-state index contributed by atoms with van der Waals surface area (Å²) in [5.74, 6) is 0.678. The Hall–Kier alpha value is -1.83. The highest BCUT2D eigenvalue weighted by atomic mass is 16.3.